The highest BCUT2D eigenvalue weighted by Crippen LogP contribution is 2.30. The van der Waals surface area contributed by atoms with E-state index in [1.54, 1.807) is 43.1 Å². The molecule has 1 amide bonds. The minimum Gasteiger partial charge on any atom is -0.497 e. The highest BCUT2D eigenvalue weighted by Gasteiger charge is 2.14. The van der Waals surface area contributed by atoms with Crippen LogP contribution in [0, 0.1) is 13.8 Å². The smallest absolute Gasteiger partial charge is 0.234 e. The molecule has 4 aromatic rings. The predicted octanol–water partition coefficient (Wildman–Crippen LogP) is 4.76. The molecule has 0 saturated heterocycles. The molecule has 2 heterocycles. The summed E-state index contributed by atoms with van der Waals surface area (Å²) in [7, 11) is 3.14. The summed E-state index contributed by atoms with van der Waals surface area (Å²) in [6.45, 7) is 4.18. The molecule has 0 atom stereocenters. The van der Waals surface area contributed by atoms with Crippen LogP contribution in [0.2, 0.25) is 0 Å². The van der Waals surface area contributed by atoms with Crippen LogP contribution in [0.1, 0.15) is 11.1 Å². The van der Waals surface area contributed by atoms with E-state index in [1.807, 2.05) is 12.3 Å². The average molecular weight is 449 g/mol. The molecule has 0 bridgehead atoms. The molecule has 32 heavy (non-hydrogen) atoms. The summed E-state index contributed by atoms with van der Waals surface area (Å²) in [4.78, 5) is 17.1. The molecule has 7 nitrogen and oxygen atoms in total. The summed E-state index contributed by atoms with van der Waals surface area (Å²) in [5.41, 5.74) is 5.80. The third-order valence-corrected chi connectivity index (χ3v) is 6.17. The van der Waals surface area contributed by atoms with Crippen LogP contribution in [0.3, 0.4) is 0 Å². The van der Waals surface area contributed by atoms with Crippen molar-refractivity contribution < 1.29 is 14.3 Å². The lowest BCUT2D eigenvalue weighted by molar-refractivity contribution is -0.113. The molecule has 2 aromatic carbocycles. The Labute approximate surface area is 190 Å². The Kier molecular flexibility index (Phi) is 6.32. The van der Waals surface area contributed by atoms with Crippen molar-refractivity contribution in [3.8, 4) is 22.8 Å². The molecule has 0 spiro atoms. The van der Waals surface area contributed by atoms with Crippen LogP contribution < -0.4 is 14.8 Å². The number of rotatable bonds is 7. The average Bonchev–Trinajstić information content (AvgIpc) is 3.24. The number of nitrogens with one attached hydrogen (secondary N) is 1. The predicted molar refractivity (Wildman–Crippen MR) is 127 cm³/mol. The standard InChI is InChI=1S/C24H24N4O3S/c1-15-5-6-17(11-16(15)2)19-13-21-24(25-9-10-28(21)27-19)32-14-23(29)26-20-12-18(30-3)7-8-22(20)31-4/h5-13H,14H2,1-4H3,(H,26,29). The first-order valence-corrected chi connectivity index (χ1v) is 11.0. The maximum absolute atomic E-state index is 12.6. The van der Waals surface area contributed by atoms with Gasteiger partial charge in [-0.2, -0.15) is 5.10 Å². The number of hydrogen-bond donors (Lipinski definition) is 1. The van der Waals surface area contributed by atoms with Gasteiger partial charge < -0.3 is 14.8 Å². The number of fused-ring (bicyclic) bond motifs is 1. The second kappa shape index (κ2) is 9.32. The number of hydrogen-bond acceptors (Lipinski definition) is 6. The van der Waals surface area contributed by atoms with Gasteiger partial charge in [-0.3, -0.25) is 4.79 Å². The first-order chi connectivity index (χ1) is 15.5. The van der Waals surface area contributed by atoms with Gasteiger partial charge in [-0.15, -0.1) is 0 Å². The molecular formula is C24H24N4O3S. The van der Waals surface area contributed by atoms with E-state index in [1.165, 1.54) is 22.9 Å². The number of aromatic nitrogens is 3. The first kappa shape index (κ1) is 21.7. The van der Waals surface area contributed by atoms with E-state index in [-0.39, 0.29) is 11.7 Å². The van der Waals surface area contributed by atoms with Crippen molar-refractivity contribution >= 4 is 28.9 Å². The molecule has 1 N–H and O–H groups in total. The third-order valence-electron chi connectivity index (χ3n) is 5.18. The van der Waals surface area contributed by atoms with Gasteiger partial charge in [0, 0.05) is 24.0 Å². The number of methoxy groups -OCH3 is 2. The van der Waals surface area contributed by atoms with E-state index in [0.717, 1.165) is 21.8 Å². The SMILES string of the molecule is COc1ccc(OC)c(NC(=O)CSc2nccn3nc(-c4ccc(C)c(C)c4)cc23)c1. The molecular weight excluding hydrogens is 424 g/mol. The number of thioether (sulfide) groups is 1. The van der Waals surface area contributed by atoms with Crippen molar-refractivity contribution in [3.05, 3.63) is 66.0 Å². The Bertz CT molecular complexity index is 1290. The summed E-state index contributed by atoms with van der Waals surface area (Å²) in [5, 5.41) is 8.30. The number of nitrogens with zero attached hydrogens (tertiary/aromatic N) is 3. The van der Waals surface area contributed by atoms with Gasteiger partial charge in [-0.1, -0.05) is 23.9 Å². The highest BCUT2D eigenvalue weighted by atomic mass is 32.2. The third kappa shape index (κ3) is 4.55. The number of amides is 1. The van der Waals surface area contributed by atoms with Gasteiger partial charge in [-0.25, -0.2) is 9.50 Å². The van der Waals surface area contributed by atoms with Crippen molar-refractivity contribution in [3.63, 3.8) is 0 Å². The molecule has 0 aliphatic heterocycles. The van der Waals surface area contributed by atoms with E-state index in [4.69, 9.17) is 9.47 Å². The number of aryl methyl sites for hydroxylation is 2. The lowest BCUT2D eigenvalue weighted by Gasteiger charge is -2.11. The van der Waals surface area contributed by atoms with Crippen LogP contribution in [0.25, 0.3) is 16.8 Å². The lowest BCUT2D eigenvalue weighted by atomic mass is 10.0. The molecule has 0 aliphatic carbocycles. The fraction of sp³-hybridized carbons (Fsp3) is 0.208. The van der Waals surface area contributed by atoms with Gasteiger partial charge in [-0.05, 0) is 49.2 Å². The Morgan fingerprint density at radius 3 is 2.66 bits per heavy atom. The molecule has 0 aliphatic rings. The number of anilines is 1. The van der Waals surface area contributed by atoms with Gasteiger partial charge >= 0.3 is 0 Å². The van der Waals surface area contributed by atoms with Crippen LogP contribution in [-0.2, 0) is 4.79 Å². The highest BCUT2D eigenvalue weighted by molar-refractivity contribution is 8.00. The molecule has 8 heteroatoms. The molecule has 0 radical (unpaired) electrons. The summed E-state index contributed by atoms with van der Waals surface area (Å²) in [6.07, 6.45) is 3.50. The number of carbonyl (C=O) groups is 1. The van der Waals surface area contributed by atoms with Crippen molar-refractivity contribution in [2.24, 2.45) is 0 Å². The molecule has 4 rings (SSSR count). The van der Waals surface area contributed by atoms with Gasteiger partial charge in [0.2, 0.25) is 5.91 Å². The molecule has 0 saturated carbocycles. The summed E-state index contributed by atoms with van der Waals surface area (Å²) < 4.78 is 12.4. The van der Waals surface area contributed by atoms with Crippen molar-refractivity contribution in [1.29, 1.82) is 0 Å². The van der Waals surface area contributed by atoms with E-state index in [2.05, 4.69) is 47.4 Å². The molecule has 0 unspecified atom stereocenters. The number of ether oxygens (including phenoxy) is 2. The van der Waals surface area contributed by atoms with Gasteiger partial charge in [0.25, 0.3) is 0 Å². The van der Waals surface area contributed by atoms with E-state index in [0.29, 0.717) is 17.2 Å². The Morgan fingerprint density at radius 1 is 1.06 bits per heavy atom. The van der Waals surface area contributed by atoms with Gasteiger partial charge in [0.05, 0.1) is 36.9 Å². The monoisotopic (exact) mass is 448 g/mol. The van der Waals surface area contributed by atoms with Crippen molar-refractivity contribution in [1.82, 2.24) is 14.6 Å². The van der Waals surface area contributed by atoms with Crippen LogP contribution in [0.4, 0.5) is 5.69 Å². The minimum absolute atomic E-state index is 0.167. The lowest BCUT2D eigenvalue weighted by Crippen LogP contribution is -2.15. The quantitative estimate of drug-likeness (QED) is 0.411. The Morgan fingerprint density at radius 2 is 1.91 bits per heavy atom. The zero-order valence-corrected chi connectivity index (χ0v) is 19.2. The second-order valence-corrected chi connectivity index (χ2v) is 8.26. The van der Waals surface area contributed by atoms with E-state index < -0.39 is 0 Å². The van der Waals surface area contributed by atoms with Crippen LogP contribution in [0.5, 0.6) is 11.5 Å². The molecule has 2 aromatic heterocycles. The summed E-state index contributed by atoms with van der Waals surface area (Å²) >= 11 is 1.36. The number of carbonyl (C=O) groups excluding carboxylic acids is 1. The van der Waals surface area contributed by atoms with Crippen molar-refractivity contribution in [2.45, 2.75) is 18.9 Å². The molecule has 164 valence electrons. The first-order valence-electron chi connectivity index (χ1n) is 10.0. The fourth-order valence-corrected chi connectivity index (χ4v) is 4.06. The maximum atomic E-state index is 12.6. The van der Waals surface area contributed by atoms with E-state index in [9.17, 15) is 4.79 Å². The Balaban J connectivity index is 1.52. The van der Waals surface area contributed by atoms with Crippen molar-refractivity contribution in [2.75, 3.05) is 25.3 Å². The second-order valence-electron chi connectivity index (χ2n) is 7.29. The van der Waals surface area contributed by atoms with Crippen LogP contribution in [-0.4, -0.2) is 40.5 Å². The zero-order valence-electron chi connectivity index (χ0n) is 18.4. The van der Waals surface area contributed by atoms with E-state index >= 15 is 0 Å². The minimum atomic E-state index is -0.167. The van der Waals surface area contributed by atoms with Gasteiger partial charge in [0.15, 0.2) is 0 Å². The van der Waals surface area contributed by atoms with Crippen LogP contribution in [0.15, 0.2) is 59.9 Å². The fourth-order valence-electron chi connectivity index (χ4n) is 3.28. The normalized spacial score (nSPS) is 10.9. The zero-order chi connectivity index (χ0) is 22.7. The van der Waals surface area contributed by atoms with Crippen LogP contribution >= 0.6 is 11.8 Å². The topological polar surface area (TPSA) is 77.8 Å². The summed E-state index contributed by atoms with van der Waals surface area (Å²) in [6, 6.07) is 13.6. The number of benzene rings is 2. The molecule has 0 fully saturated rings. The summed E-state index contributed by atoms with van der Waals surface area (Å²) in [5.74, 6) is 1.23. The van der Waals surface area contributed by atoms with Gasteiger partial charge in [0.1, 0.15) is 16.5 Å². The maximum Gasteiger partial charge on any atom is 0.234 e. The Hall–Kier alpha value is -3.52. The largest absolute Gasteiger partial charge is 0.497 e.